The van der Waals surface area contributed by atoms with E-state index in [1.165, 1.54) is 0 Å². The van der Waals surface area contributed by atoms with Crippen molar-refractivity contribution in [3.05, 3.63) is 47.1 Å². The Labute approximate surface area is 153 Å². The number of carbonyl (C=O) groups is 1. The SMILES string of the molecule is O=C1CC(c2noc(-c3cccs3)n2)CN1Cc1ccc2c(c1)OCO2. The summed E-state index contributed by atoms with van der Waals surface area (Å²) in [6.07, 6.45) is 0.397. The first-order chi connectivity index (χ1) is 12.8. The zero-order valence-electron chi connectivity index (χ0n) is 13.8. The van der Waals surface area contributed by atoms with E-state index >= 15 is 0 Å². The van der Waals surface area contributed by atoms with Gasteiger partial charge in [0.05, 0.1) is 4.88 Å². The van der Waals surface area contributed by atoms with E-state index in [1.807, 2.05) is 40.6 Å². The van der Waals surface area contributed by atoms with Gasteiger partial charge in [-0.1, -0.05) is 17.3 Å². The van der Waals surface area contributed by atoms with Crippen LogP contribution < -0.4 is 9.47 Å². The van der Waals surface area contributed by atoms with E-state index in [4.69, 9.17) is 14.0 Å². The van der Waals surface area contributed by atoms with Crippen LogP contribution in [0, 0.1) is 0 Å². The Kier molecular flexibility index (Phi) is 3.63. The van der Waals surface area contributed by atoms with Crippen LogP contribution in [0.25, 0.3) is 10.8 Å². The second kappa shape index (κ2) is 6.14. The number of fused-ring (bicyclic) bond motifs is 1. The first kappa shape index (κ1) is 15.4. The molecule has 1 saturated heterocycles. The number of likely N-dealkylation sites (tertiary alicyclic amines) is 1. The Morgan fingerprint density at radius 1 is 1.23 bits per heavy atom. The van der Waals surface area contributed by atoms with Crippen LogP contribution in [0.1, 0.15) is 23.7 Å². The lowest BCUT2D eigenvalue weighted by molar-refractivity contribution is -0.128. The van der Waals surface area contributed by atoms with Gasteiger partial charge in [0.1, 0.15) is 0 Å². The number of benzene rings is 1. The molecule has 0 saturated carbocycles. The Bertz CT molecular complexity index is 953. The summed E-state index contributed by atoms with van der Waals surface area (Å²) in [5.41, 5.74) is 1.01. The summed E-state index contributed by atoms with van der Waals surface area (Å²) < 4.78 is 16.1. The minimum atomic E-state index is -0.0472. The molecule has 2 aliphatic heterocycles. The maximum absolute atomic E-state index is 12.4. The van der Waals surface area contributed by atoms with Crippen LogP contribution in [0.3, 0.4) is 0 Å². The minimum Gasteiger partial charge on any atom is -0.454 e. The Balaban J connectivity index is 1.30. The molecule has 0 bridgehead atoms. The monoisotopic (exact) mass is 369 g/mol. The van der Waals surface area contributed by atoms with Crippen molar-refractivity contribution < 1.29 is 18.8 Å². The van der Waals surface area contributed by atoms with Gasteiger partial charge in [-0.25, -0.2) is 0 Å². The maximum atomic E-state index is 12.4. The highest BCUT2D eigenvalue weighted by Gasteiger charge is 2.34. The van der Waals surface area contributed by atoms with Crippen LogP contribution in [0.5, 0.6) is 11.5 Å². The number of hydrogen-bond donors (Lipinski definition) is 0. The van der Waals surface area contributed by atoms with Crippen LogP contribution in [0.15, 0.2) is 40.2 Å². The van der Waals surface area contributed by atoms with Gasteiger partial charge in [0.2, 0.25) is 12.7 Å². The standard InChI is InChI=1S/C18H15N3O4S/c22-16-7-12(17-19-18(25-20-17)15-2-1-5-26-15)9-21(16)8-11-3-4-13-14(6-11)24-10-23-13/h1-6,12H,7-10H2. The number of carbonyl (C=O) groups excluding carboxylic acids is 1. The van der Waals surface area contributed by atoms with Gasteiger partial charge >= 0.3 is 0 Å². The molecule has 1 fully saturated rings. The third-order valence-corrected chi connectivity index (χ3v) is 5.42. The predicted octanol–water partition coefficient (Wildman–Crippen LogP) is 3.04. The molecule has 0 aliphatic carbocycles. The number of hydrogen-bond acceptors (Lipinski definition) is 7. The Morgan fingerprint density at radius 3 is 3.04 bits per heavy atom. The third-order valence-electron chi connectivity index (χ3n) is 4.56. The Morgan fingerprint density at radius 2 is 2.15 bits per heavy atom. The van der Waals surface area contributed by atoms with Gasteiger partial charge in [-0.3, -0.25) is 4.79 Å². The van der Waals surface area contributed by atoms with Crippen LogP contribution in [-0.2, 0) is 11.3 Å². The van der Waals surface area contributed by atoms with Crippen LogP contribution in [0.4, 0.5) is 0 Å². The molecule has 1 aromatic carbocycles. The molecular weight excluding hydrogens is 354 g/mol. The molecule has 2 aromatic heterocycles. The van der Waals surface area contributed by atoms with Crippen molar-refractivity contribution in [1.82, 2.24) is 15.0 Å². The summed E-state index contributed by atoms with van der Waals surface area (Å²) in [7, 11) is 0. The molecule has 0 spiro atoms. The van der Waals surface area contributed by atoms with Crippen molar-refractivity contribution in [2.75, 3.05) is 13.3 Å². The second-order valence-corrected chi connectivity index (χ2v) is 7.25. The van der Waals surface area contributed by atoms with Crippen LogP contribution >= 0.6 is 11.3 Å². The van der Waals surface area contributed by atoms with Crippen molar-refractivity contribution in [1.29, 1.82) is 0 Å². The van der Waals surface area contributed by atoms with E-state index < -0.39 is 0 Å². The lowest BCUT2D eigenvalue weighted by Crippen LogP contribution is -2.24. The van der Waals surface area contributed by atoms with Gasteiger partial charge in [-0.05, 0) is 29.1 Å². The van der Waals surface area contributed by atoms with Crippen molar-refractivity contribution in [2.24, 2.45) is 0 Å². The van der Waals surface area contributed by atoms with Gasteiger partial charge in [0, 0.05) is 25.4 Å². The average Bonchev–Trinajstić information content (AvgIpc) is 3.42. The highest BCUT2D eigenvalue weighted by Crippen LogP contribution is 2.34. The summed E-state index contributed by atoms with van der Waals surface area (Å²) in [6.45, 7) is 1.35. The largest absolute Gasteiger partial charge is 0.454 e. The molecule has 4 heterocycles. The molecule has 5 rings (SSSR count). The number of amides is 1. The zero-order valence-corrected chi connectivity index (χ0v) is 14.6. The average molecular weight is 369 g/mol. The fraction of sp³-hybridized carbons (Fsp3) is 0.278. The fourth-order valence-electron chi connectivity index (χ4n) is 3.26. The topological polar surface area (TPSA) is 77.7 Å². The molecule has 26 heavy (non-hydrogen) atoms. The Hall–Kier alpha value is -2.87. The second-order valence-electron chi connectivity index (χ2n) is 6.30. The van der Waals surface area contributed by atoms with Gasteiger partial charge in [0.15, 0.2) is 17.3 Å². The fourth-order valence-corrected chi connectivity index (χ4v) is 3.90. The molecule has 0 N–H and O–H groups in total. The molecule has 7 nitrogen and oxygen atoms in total. The van der Waals surface area contributed by atoms with E-state index in [9.17, 15) is 4.79 Å². The third kappa shape index (κ3) is 2.72. The van der Waals surface area contributed by atoms with Crippen molar-refractivity contribution >= 4 is 17.2 Å². The first-order valence-electron chi connectivity index (χ1n) is 8.30. The van der Waals surface area contributed by atoms with Crippen LogP contribution in [0.2, 0.25) is 0 Å². The maximum Gasteiger partial charge on any atom is 0.267 e. The predicted molar refractivity (Wildman–Crippen MR) is 93.0 cm³/mol. The van der Waals surface area contributed by atoms with Crippen molar-refractivity contribution in [2.45, 2.75) is 18.9 Å². The summed E-state index contributed by atoms with van der Waals surface area (Å²) in [6, 6.07) is 9.63. The summed E-state index contributed by atoms with van der Waals surface area (Å²) in [5, 5.41) is 6.05. The summed E-state index contributed by atoms with van der Waals surface area (Å²) in [5.74, 6) is 2.62. The van der Waals surface area contributed by atoms with E-state index in [0.717, 1.165) is 21.9 Å². The number of thiophene rings is 1. The van der Waals surface area contributed by atoms with Crippen molar-refractivity contribution in [3.8, 4) is 22.3 Å². The number of nitrogens with zero attached hydrogens (tertiary/aromatic N) is 3. The number of aromatic nitrogens is 2. The van der Waals surface area contributed by atoms with Gasteiger partial charge < -0.3 is 18.9 Å². The molecule has 8 heteroatoms. The first-order valence-corrected chi connectivity index (χ1v) is 9.18. The molecule has 2 aliphatic rings. The number of ether oxygens (including phenoxy) is 2. The highest BCUT2D eigenvalue weighted by molar-refractivity contribution is 7.13. The normalized spacial score (nSPS) is 18.7. The molecule has 3 aromatic rings. The summed E-state index contributed by atoms with van der Waals surface area (Å²) >= 11 is 1.55. The van der Waals surface area contributed by atoms with E-state index in [-0.39, 0.29) is 18.6 Å². The lowest BCUT2D eigenvalue weighted by Gasteiger charge is -2.16. The smallest absolute Gasteiger partial charge is 0.267 e. The van der Waals surface area contributed by atoms with Crippen molar-refractivity contribution in [3.63, 3.8) is 0 Å². The molecule has 1 amide bonds. The zero-order chi connectivity index (χ0) is 17.5. The highest BCUT2D eigenvalue weighted by atomic mass is 32.1. The van der Waals surface area contributed by atoms with Gasteiger partial charge in [-0.2, -0.15) is 4.98 Å². The quantitative estimate of drug-likeness (QED) is 0.703. The van der Waals surface area contributed by atoms with Gasteiger partial charge in [-0.15, -0.1) is 11.3 Å². The van der Waals surface area contributed by atoms with E-state index in [0.29, 0.717) is 31.2 Å². The van der Waals surface area contributed by atoms with E-state index in [2.05, 4.69) is 10.1 Å². The minimum absolute atomic E-state index is 0.0472. The molecule has 1 unspecified atom stereocenters. The molecule has 1 atom stereocenters. The summed E-state index contributed by atoms with van der Waals surface area (Å²) in [4.78, 5) is 19.7. The number of rotatable bonds is 4. The van der Waals surface area contributed by atoms with Gasteiger partial charge in [0.25, 0.3) is 5.89 Å². The van der Waals surface area contributed by atoms with Crippen LogP contribution in [-0.4, -0.2) is 34.3 Å². The molecule has 0 radical (unpaired) electrons. The lowest BCUT2D eigenvalue weighted by atomic mass is 10.1. The molecular formula is C18H15N3O4S. The molecule has 132 valence electrons. The van der Waals surface area contributed by atoms with E-state index in [1.54, 1.807) is 11.3 Å².